The van der Waals surface area contributed by atoms with Gasteiger partial charge in [0.25, 0.3) is 0 Å². The van der Waals surface area contributed by atoms with E-state index in [9.17, 15) is 0 Å². The number of halogens is 1. The first kappa shape index (κ1) is 11.4. The molecule has 1 aromatic rings. The van der Waals surface area contributed by atoms with Crippen molar-refractivity contribution in [3.63, 3.8) is 0 Å². The molecule has 2 fully saturated rings. The Balaban J connectivity index is 2.05. The van der Waals surface area contributed by atoms with Gasteiger partial charge in [-0.05, 0) is 37.8 Å². The second kappa shape index (κ2) is 4.18. The summed E-state index contributed by atoms with van der Waals surface area (Å²) in [6, 6.07) is 6.28. The van der Waals surface area contributed by atoms with Crippen molar-refractivity contribution in [2.45, 2.75) is 31.1 Å². The number of nitrogens with two attached hydrogens (primary N) is 1. The topological polar surface area (TPSA) is 29.3 Å². The Bertz CT molecular complexity index is 420. The summed E-state index contributed by atoms with van der Waals surface area (Å²) in [5.74, 6) is 0. The number of rotatable bonds is 3. The summed E-state index contributed by atoms with van der Waals surface area (Å²) in [6.07, 6.45) is 4.96. The molecule has 1 aromatic carbocycles. The van der Waals surface area contributed by atoms with Gasteiger partial charge in [0.1, 0.15) is 0 Å². The number of benzene rings is 1. The standard InChI is InChI=1S/C14H19ClN2/c15-11-4-3-5-12(17-8-1-2-9-17)13(11)14(10-16)6-7-14/h3-5H,1-2,6-10,16H2. The van der Waals surface area contributed by atoms with Gasteiger partial charge in [-0.15, -0.1) is 0 Å². The SMILES string of the molecule is NCC1(c2c(Cl)cccc2N2CCCC2)CC1. The number of hydrogen-bond donors (Lipinski definition) is 1. The van der Waals surface area contributed by atoms with Crippen molar-refractivity contribution in [3.05, 3.63) is 28.8 Å². The summed E-state index contributed by atoms with van der Waals surface area (Å²) in [5, 5.41) is 0.900. The minimum absolute atomic E-state index is 0.177. The first-order valence-electron chi connectivity index (χ1n) is 6.51. The van der Waals surface area contributed by atoms with Gasteiger partial charge in [0.2, 0.25) is 0 Å². The maximum Gasteiger partial charge on any atom is 0.0464 e. The fraction of sp³-hybridized carbons (Fsp3) is 0.571. The Kier molecular flexibility index (Phi) is 2.80. The van der Waals surface area contributed by atoms with E-state index in [2.05, 4.69) is 17.0 Å². The van der Waals surface area contributed by atoms with Gasteiger partial charge in [-0.2, -0.15) is 0 Å². The average molecular weight is 251 g/mol. The Hall–Kier alpha value is -0.730. The van der Waals surface area contributed by atoms with Gasteiger partial charge in [-0.1, -0.05) is 17.7 Å². The minimum atomic E-state index is 0.177. The molecule has 0 bridgehead atoms. The van der Waals surface area contributed by atoms with Crippen LogP contribution in [0.5, 0.6) is 0 Å². The van der Waals surface area contributed by atoms with E-state index in [1.807, 2.05) is 6.07 Å². The average Bonchev–Trinajstić information content (AvgIpc) is 2.94. The molecule has 2 aliphatic rings. The van der Waals surface area contributed by atoms with Crippen LogP contribution in [0.15, 0.2) is 18.2 Å². The highest BCUT2D eigenvalue weighted by atomic mass is 35.5. The van der Waals surface area contributed by atoms with Gasteiger partial charge in [0.15, 0.2) is 0 Å². The Morgan fingerprint density at radius 1 is 1.24 bits per heavy atom. The highest BCUT2D eigenvalue weighted by Crippen LogP contribution is 2.53. The van der Waals surface area contributed by atoms with Crippen molar-refractivity contribution in [3.8, 4) is 0 Å². The van der Waals surface area contributed by atoms with Gasteiger partial charge in [0.05, 0.1) is 0 Å². The molecule has 0 spiro atoms. The summed E-state index contributed by atoms with van der Waals surface area (Å²) in [6.45, 7) is 3.04. The third kappa shape index (κ3) is 1.84. The highest BCUT2D eigenvalue weighted by molar-refractivity contribution is 6.32. The van der Waals surface area contributed by atoms with E-state index in [0.717, 1.165) is 24.7 Å². The van der Waals surface area contributed by atoms with Crippen LogP contribution in [-0.4, -0.2) is 19.6 Å². The van der Waals surface area contributed by atoms with Crippen LogP contribution in [0.4, 0.5) is 5.69 Å². The minimum Gasteiger partial charge on any atom is -0.371 e. The number of hydrogen-bond acceptors (Lipinski definition) is 2. The monoisotopic (exact) mass is 250 g/mol. The Morgan fingerprint density at radius 2 is 1.94 bits per heavy atom. The molecule has 3 heteroatoms. The first-order chi connectivity index (χ1) is 8.27. The molecule has 0 radical (unpaired) electrons. The van der Waals surface area contributed by atoms with E-state index in [0.29, 0.717) is 0 Å². The molecule has 17 heavy (non-hydrogen) atoms. The maximum absolute atomic E-state index is 6.43. The highest BCUT2D eigenvalue weighted by Gasteiger charge is 2.46. The second-order valence-electron chi connectivity index (χ2n) is 5.31. The lowest BCUT2D eigenvalue weighted by molar-refractivity contribution is 0.700. The lowest BCUT2D eigenvalue weighted by Gasteiger charge is -2.26. The summed E-state index contributed by atoms with van der Waals surface area (Å²) in [7, 11) is 0. The largest absolute Gasteiger partial charge is 0.371 e. The molecule has 1 heterocycles. The second-order valence-corrected chi connectivity index (χ2v) is 5.72. The predicted octanol–water partition coefficient (Wildman–Crippen LogP) is 2.93. The third-order valence-electron chi connectivity index (χ3n) is 4.21. The maximum atomic E-state index is 6.43. The lowest BCUT2D eigenvalue weighted by Crippen LogP contribution is -2.26. The van der Waals surface area contributed by atoms with Crippen LogP contribution in [0.2, 0.25) is 5.02 Å². The molecular formula is C14H19ClN2. The molecule has 1 saturated carbocycles. The zero-order valence-corrected chi connectivity index (χ0v) is 10.8. The van der Waals surface area contributed by atoms with Crippen molar-refractivity contribution in [1.29, 1.82) is 0 Å². The van der Waals surface area contributed by atoms with Gasteiger partial charge in [-0.3, -0.25) is 0 Å². The number of anilines is 1. The smallest absolute Gasteiger partial charge is 0.0464 e. The van der Waals surface area contributed by atoms with Crippen LogP contribution in [-0.2, 0) is 5.41 Å². The van der Waals surface area contributed by atoms with Crippen LogP contribution in [0.3, 0.4) is 0 Å². The molecule has 92 valence electrons. The molecule has 0 unspecified atom stereocenters. The van der Waals surface area contributed by atoms with Crippen molar-refractivity contribution >= 4 is 17.3 Å². The molecule has 1 aliphatic heterocycles. The van der Waals surface area contributed by atoms with Crippen molar-refractivity contribution < 1.29 is 0 Å². The van der Waals surface area contributed by atoms with Crippen LogP contribution >= 0.6 is 11.6 Å². The van der Waals surface area contributed by atoms with E-state index >= 15 is 0 Å². The van der Waals surface area contributed by atoms with Gasteiger partial charge < -0.3 is 10.6 Å². The van der Waals surface area contributed by atoms with E-state index < -0.39 is 0 Å². The Labute approximate surface area is 108 Å². The van der Waals surface area contributed by atoms with Crippen molar-refractivity contribution in [2.75, 3.05) is 24.5 Å². The van der Waals surface area contributed by atoms with Crippen LogP contribution in [0.25, 0.3) is 0 Å². The van der Waals surface area contributed by atoms with Crippen LogP contribution in [0, 0.1) is 0 Å². The molecule has 2 nitrogen and oxygen atoms in total. The normalized spacial score (nSPS) is 21.9. The zero-order chi connectivity index (χ0) is 11.9. The molecule has 0 atom stereocenters. The predicted molar refractivity (Wildman–Crippen MR) is 72.9 cm³/mol. The molecule has 2 N–H and O–H groups in total. The summed E-state index contributed by atoms with van der Waals surface area (Å²) in [4.78, 5) is 2.47. The van der Waals surface area contributed by atoms with Gasteiger partial charge in [0, 0.05) is 41.3 Å². The van der Waals surface area contributed by atoms with E-state index in [-0.39, 0.29) is 5.41 Å². The first-order valence-corrected chi connectivity index (χ1v) is 6.89. The van der Waals surface area contributed by atoms with Crippen molar-refractivity contribution in [2.24, 2.45) is 5.73 Å². The van der Waals surface area contributed by atoms with Crippen LogP contribution in [0.1, 0.15) is 31.2 Å². The summed E-state index contributed by atoms with van der Waals surface area (Å²) < 4.78 is 0. The van der Waals surface area contributed by atoms with E-state index in [1.165, 1.54) is 36.9 Å². The Morgan fingerprint density at radius 3 is 2.53 bits per heavy atom. The molecule has 0 aromatic heterocycles. The summed E-state index contributed by atoms with van der Waals surface area (Å²) in [5.41, 5.74) is 8.78. The molecule has 1 aliphatic carbocycles. The van der Waals surface area contributed by atoms with E-state index in [4.69, 9.17) is 17.3 Å². The molecular weight excluding hydrogens is 232 g/mol. The number of nitrogens with zero attached hydrogens (tertiary/aromatic N) is 1. The van der Waals surface area contributed by atoms with Gasteiger partial charge in [-0.25, -0.2) is 0 Å². The zero-order valence-electron chi connectivity index (χ0n) is 10.1. The van der Waals surface area contributed by atoms with Crippen LogP contribution < -0.4 is 10.6 Å². The van der Waals surface area contributed by atoms with Gasteiger partial charge >= 0.3 is 0 Å². The summed E-state index contributed by atoms with van der Waals surface area (Å²) >= 11 is 6.43. The van der Waals surface area contributed by atoms with E-state index in [1.54, 1.807) is 0 Å². The third-order valence-corrected chi connectivity index (χ3v) is 4.53. The quantitative estimate of drug-likeness (QED) is 0.894. The molecule has 3 rings (SSSR count). The fourth-order valence-corrected chi connectivity index (χ4v) is 3.34. The molecule has 0 amide bonds. The fourth-order valence-electron chi connectivity index (χ4n) is 2.97. The van der Waals surface area contributed by atoms with Crippen molar-refractivity contribution in [1.82, 2.24) is 0 Å². The lowest BCUT2D eigenvalue weighted by atomic mass is 9.93. The molecule has 1 saturated heterocycles.